The highest BCUT2D eigenvalue weighted by Gasteiger charge is 2.09. The molecule has 2 aromatic rings. The van der Waals surface area contributed by atoms with Crippen LogP contribution in [0.3, 0.4) is 0 Å². The van der Waals surface area contributed by atoms with Crippen molar-refractivity contribution >= 4 is 34.3 Å². The first kappa shape index (κ1) is 20.7. The molecule has 0 radical (unpaired) electrons. The molecule has 0 bridgehead atoms. The van der Waals surface area contributed by atoms with Gasteiger partial charge in [-0.1, -0.05) is 49.7 Å². The van der Waals surface area contributed by atoms with E-state index in [0.717, 1.165) is 46.6 Å². The Kier molecular flexibility index (Phi) is 8.92. The zero-order valence-electron chi connectivity index (χ0n) is 16.0. The first-order chi connectivity index (χ1) is 12.6. The normalized spacial score (nSPS) is 12.5. The van der Waals surface area contributed by atoms with Gasteiger partial charge in [0.2, 0.25) is 0 Å². The molecule has 3 nitrogen and oxygen atoms in total. The van der Waals surface area contributed by atoms with Crippen LogP contribution in [-0.4, -0.2) is 20.8 Å². The van der Waals surface area contributed by atoms with Crippen LogP contribution in [0.4, 0.5) is 5.69 Å². The van der Waals surface area contributed by atoms with Gasteiger partial charge in [0.15, 0.2) is 5.16 Å². The molecule has 1 aromatic carbocycles. The Bertz CT molecular complexity index is 752. The number of nitrogens with zero attached hydrogens (tertiary/aromatic N) is 3. The molecule has 1 aromatic heterocycles. The van der Waals surface area contributed by atoms with Gasteiger partial charge in [-0.2, -0.15) is 0 Å². The third-order valence-electron chi connectivity index (χ3n) is 3.70. The monoisotopic (exact) mass is 385 g/mol. The Balaban J connectivity index is 2.29. The van der Waals surface area contributed by atoms with Crippen LogP contribution in [0.5, 0.6) is 0 Å². The van der Waals surface area contributed by atoms with E-state index in [1.54, 1.807) is 23.5 Å². The average Bonchev–Trinajstić information content (AvgIpc) is 2.63. The Morgan fingerprint density at radius 1 is 1.12 bits per heavy atom. The molecule has 0 saturated heterocycles. The summed E-state index contributed by atoms with van der Waals surface area (Å²) in [6.45, 7) is 8.48. The number of unbranched alkanes of at least 4 members (excludes halogenated alkanes) is 1. The summed E-state index contributed by atoms with van der Waals surface area (Å²) in [6, 6.07) is 10.3. The van der Waals surface area contributed by atoms with Gasteiger partial charge >= 0.3 is 0 Å². The molecule has 0 aliphatic heterocycles. The molecule has 0 saturated carbocycles. The van der Waals surface area contributed by atoms with Gasteiger partial charge in [0, 0.05) is 11.9 Å². The molecule has 0 N–H and O–H groups in total. The van der Waals surface area contributed by atoms with E-state index in [4.69, 9.17) is 4.99 Å². The van der Waals surface area contributed by atoms with E-state index in [0.29, 0.717) is 0 Å². The molecule has 0 aliphatic carbocycles. The van der Waals surface area contributed by atoms with Crippen LogP contribution in [0, 0.1) is 13.8 Å². The molecule has 5 heteroatoms. The van der Waals surface area contributed by atoms with Crippen LogP contribution in [0.15, 0.2) is 57.7 Å². The second kappa shape index (κ2) is 11.2. The number of hydrogen-bond acceptors (Lipinski definition) is 5. The van der Waals surface area contributed by atoms with Crippen molar-refractivity contribution in [2.75, 3.05) is 5.75 Å². The molecule has 0 atom stereocenters. The summed E-state index contributed by atoms with van der Waals surface area (Å²) in [4.78, 5) is 13.8. The van der Waals surface area contributed by atoms with Crippen molar-refractivity contribution in [2.45, 2.75) is 52.1 Å². The van der Waals surface area contributed by atoms with E-state index >= 15 is 0 Å². The Morgan fingerprint density at radius 3 is 2.54 bits per heavy atom. The molecule has 0 unspecified atom stereocenters. The first-order valence-corrected chi connectivity index (χ1v) is 10.9. The maximum absolute atomic E-state index is 4.93. The Morgan fingerprint density at radius 2 is 1.88 bits per heavy atom. The summed E-state index contributed by atoms with van der Waals surface area (Å²) < 4.78 is 0. The molecule has 0 aliphatic rings. The number of aromatic nitrogens is 2. The van der Waals surface area contributed by atoms with Crippen molar-refractivity contribution < 1.29 is 0 Å². The van der Waals surface area contributed by atoms with Crippen molar-refractivity contribution in [3.05, 3.63) is 58.8 Å². The number of hydrogen-bond donors (Lipinski definition) is 0. The highest BCUT2D eigenvalue weighted by molar-refractivity contribution is 8.14. The van der Waals surface area contributed by atoms with E-state index in [2.05, 4.69) is 60.4 Å². The van der Waals surface area contributed by atoms with Gasteiger partial charge < -0.3 is 0 Å². The topological polar surface area (TPSA) is 38.1 Å². The van der Waals surface area contributed by atoms with Crippen molar-refractivity contribution in [3.63, 3.8) is 0 Å². The van der Waals surface area contributed by atoms with Crippen LogP contribution in [0.25, 0.3) is 0 Å². The van der Waals surface area contributed by atoms with Gasteiger partial charge in [0.05, 0.1) is 5.69 Å². The lowest BCUT2D eigenvalue weighted by Gasteiger charge is -2.10. The minimum Gasteiger partial charge on any atom is -0.242 e. The van der Waals surface area contributed by atoms with Gasteiger partial charge in [-0.05, 0) is 61.6 Å². The van der Waals surface area contributed by atoms with E-state index in [9.17, 15) is 0 Å². The van der Waals surface area contributed by atoms with Crippen LogP contribution >= 0.6 is 23.5 Å². The van der Waals surface area contributed by atoms with Crippen molar-refractivity contribution in [3.8, 4) is 0 Å². The lowest BCUT2D eigenvalue weighted by Crippen LogP contribution is -1.99. The molecule has 1 heterocycles. The summed E-state index contributed by atoms with van der Waals surface area (Å²) in [5.74, 6) is 1.000. The maximum atomic E-state index is 4.93. The molecular formula is C21H27N3S2. The van der Waals surface area contributed by atoms with Crippen molar-refractivity contribution in [2.24, 2.45) is 4.99 Å². The summed E-state index contributed by atoms with van der Waals surface area (Å²) in [5.41, 5.74) is 4.52. The van der Waals surface area contributed by atoms with E-state index < -0.39 is 0 Å². The average molecular weight is 386 g/mol. The van der Waals surface area contributed by atoms with E-state index in [-0.39, 0.29) is 0 Å². The standard InChI is InChI=1S/C21H27N3S2/c1-5-7-8-18(15-26-21-22-14-13-17(4)23-21)20(25-6-2)24-19-11-9-16(3)10-12-19/h9-15H,5-8H2,1-4H3/b18-15+,24-20-. The minimum atomic E-state index is 0.787. The zero-order valence-corrected chi connectivity index (χ0v) is 17.7. The van der Waals surface area contributed by atoms with Gasteiger partial charge in [0.25, 0.3) is 0 Å². The fourth-order valence-electron chi connectivity index (χ4n) is 2.26. The van der Waals surface area contributed by atoms with Gasteiger partial charge in [-0.25, -0.2) is 15.0 Å². The summed E-state index contributed by atoms with van der Waals surface area (Å²) in [7, 11) is 0. The number of thioether (sulfide) groups is 2. The second-order valence-electron chi connectivity index (χ2n) is 6.03. The summed E-state index contributed by atoms with van der Waals surface area (Å²) >= 11 is 3.38. The van der Waals surface area contributed by atoms with Gasteiger partial charge in [-0.15, -0.1) is 11.8 Å². The zero-order chi connectivity index (χ0) is 18.8. The number of aryl methyl sites for hydroxylation is 2. The van der Waals surface area contributed by atoms with Crippen LogP contribution in [0.2, 0.25) is 0 Å². The molecule has 26 heavy (non-hydrogen) atoms. The Labute approximate surface area is 165 Å². The van der Waals surface area contributed by atoms with Crippen LogP contribution in [0.1, 0.15) is 44.4 Å². The molecular weight excluding hydrogens is 358 g/mol. The largest absolute Gasteiger partial charge is 0.242 e. The SMILES string of the molecule is CCCCC(=C\Sc1nccc(C)n1)/C(=N/c1ccc(C)cc1)SCC. The summed E-state index contributed by atoms with van der Waals surface area (Å²) in [6.07, 6.45) is 5.15. The first-order valence-electron chi connectivity index (χ1n) is 9.06. The van der Waals surface area contributed by atoms with E-state index in [1.807, 2.05) is 19.2 Å². The fourth-order valence-corrected chi connectivity index (χ4v) is 3.92. The molecule has 0 spiro atoms. The van der Waals surface area contributed by atoms with Crippen molar-refractivity contribution in [1.29, 1.82) is 0 Å². The predicted molar refractivity (Wildman–Crippen MR) is 117 cm³/mol. The smallest absolute Gasteiger partial charge is 0.192 e. The van der Waals surface area contributed by atoms with E-state index in [1.165, 1.54) is 11.1 Å². The molecule has 0 fully saturated rings. The predicted octanol–water partition coefficient (Wildman–Crippen LogP) is 6.74. The number of rotatable bonds is 8. The minimum absolute atomic E-state index is 0.787. The third-order valence-corrected chi connectivity index (χ3v) is 5.42. The Hall–Kier alpha value is -1.59. The molecule has 2 rings (SSSR count). The van der Waals surface area contributed by atoms with Gasteiger partial charge in [-0.3, -0.25) is 0 Å². The third kappa shape index (κ3) is 6.96. The van der Waals surface area contributed by atoms with Crippen molar-refractivity contribution in [1.82, 2.24) is 9.97 Å². The number of aliphatic imine (C=N–C) groups is 1. The highest BCUT2D eigenvalue weighted by atomic mass is 32.2. The quantitative estimate of drug-likeness (QED) is 0.218. The van der Waals surface area contributed by atoms with Crippen LogP contribution in [-0.2, 0) is 0 Å². The van der Waals surface area contributed by atoms with Crippen LogP contribution < -0.4 is 0 Å². The fraction of sp³-hybridized carbons (Fsp3) is 0.381. The number of benzene rings is 1. The lowest BCUT2D eigenvalue weighted by atomic mass is 10.1. The maximum Gasteiger partial charge on any atom is 0.192 e. The van der Waals surface area contributed by atoms with Gasteiger partial charge in [0.1, 0.15) is 5.04 Å². The molecule has 138 valence electrons. The molecule has 0 amide bonds. The lowest BCUT2D eigenvalue weighted by molar-refractivity contribution is 0.805. The highest BCUT2D eigenvalue weighted by Crippen LogP contribution is 2.27. The summed E-state index contributed by atoms with van der Waals surface area (Å²) in [5, 5.41) is 4.07. The second-order valence-corrected chi connectivity index (χ2v) is 8.12.